The van der Waals surface area contributed by atoms with Crippen LogP contribution in [0.15, 0.2) is 52.6 Å². The molecule has 0 aliphatic heterocycles. The lowest BCUT2D eigenvalue weighted by Crippen LogP contribution is -2.46. The molecule has 2 unspecified atom stereocenters. The van der Waals surface area contributed by atoms with Crippen molar-refractivity contribution in [1.29, 1.82) is 0 Å². The van der Waals surface area contributed by atoms with E-state index in [-0.39, 0.29) is 46.8 Å². The maximum atomic E-state index is 15.3. The van der Waals surface area contributed by atoms with Gasteiger partial charge < -0.3 is 19.0 Å². The number of alkyl halides is 6. The van der Waals surface area contributed by atoms with Crippen LogP contribution in [0, 0.1) is 5.82 Å². The van der Waals surface area contributed by atoms with E-state index in [9.17, 15) is 35.9 Å². The van der Waals surface area contributed by atoms with E-state index in [1.807, 2.05) is 33.9 Å². The van der Waals surface area contributed by atoms with Gasteiger partial charge in [-0.2, -0.15) is 31.4 Å². The summed E-state index contributed by atoms with van der Waals surface area (Å²) in [6.07, 6.45) is -6.84. The molecule has 4 rings (SSSR count). The number of nitrogens with one attached hydrogen (secondary N) is 1. The highest BCUT2D eigenvalue weighted by Gasteiger charge is 2.41. The van der Waals surface area contributed by atoms with Crippen molar-refractivity contribution in [3.05, 3.63) is 80.6 Å². The Morgan fingerprint density at radius 2 is 1.55 bits per heavy atom. The van der Waals surface area contributed by atoms with Gasteiger partial charge in [0.2, 0.25) is 0 Å². The van der Waals surface area contributed by atoms with Crippen molar-refractivity contribution in [2.24, 2.45) is 0 Å². The molecule has 0 aliphatic rings. The van der Waals surface area contributed by atoms with E-state index in [1.54, 1.807) is 6.92 Å². The van der Waals surface area contributed by atoms with Gasteiger partial charge >= 0.3 is 12.4 Å². The van der Waals surface area contributed by atoms with E-state index in [4.69, 9.17) is 9.16 Å². The molecular weight excluding hydrogens is 770 g/mol. The Hall–Kier alpha value is -3.95. The molecule has 3 heterocycles. The second-order valence-electron chi connectivity index (χ2n) is 16.4. The molecule has 55 heavy (non-hydrogen) atoms. The number of nitrogens with zero attached hydrogens (tertiary/aromatic N) is 5. The summed E-state index contributed by atoms with van der Waals surface area (Å²) < 4.78 is 111. The Morgan fingerprint density at radius 1 is 0.909 bits per heavy atom. The molecular formula is C36H47F7N6O4Si2. The lowest BCUT2D eigenvalue weighted by molar-refractivity contribution is -0.139. The van der Waals surface area contributed by atoms with Crippen molar-refractivity contribution in [2.75, 3.05) is 11.9 Å². The summed E-state index contributed by atoms with van der Waals surface area (Å²) in [5, 5.41) is 6.69. The van der Waals surface area contributed by atoms with Crippen molar-refractivity contribution in [1.82, 2.24) is 24.3 Å². The van der Waals surface area contributed by atoms with Crippen LogP contribution in [0.25, 0.3) is 22.2 Å². The van der Waals surface area contributed by atoms with Crippen molar-refractivity contribution in [3.8, 4) is 11.4 Å². The molecule has 0 amide bonds. The largest absolute Gasteiger partial charge is 0.423 e. The molecule has 0 bridgehead atoms. The van der Waals surface area contributed by atoms with Crippen molar-refractivity contribution in [3.63, 3.8) is 0 Å². The summed E-state index contributed by atoms with van der Waals surface area (Å²) in [5.41, 5.74) is -5.18. The first-order valence-corrected chi connectivity index (χ1v) is 24.2. The Morgan fingerprint density at radius 3 is 2.11 bits per heavy atom. The van der Waals surface area contributed by atoms with Crippen LogP contribution in [0.3, 0.4) is 0 Å². The number of pyridine rings is 1. The Kier molecular flexibility index (Phi) is 12.9. The van der Waals surface area contributed by atoms with Crippen LogP contribution in [0.5, 0.6) is 0 Å². The van der Waals surface area contributed by atoms with E-state index in [0.717, 1.165) is 18.3 Å². The van der Waals surface area contributed by atoms with E-state index in [2.05, 4.69) is 40.0 Å². The summed E-state index contributed by atoms with van der Waals surface area (Å²) in [5.74, 6) is -1.23. The second-order valence-corrected chi connectivity index (χ2v) is 26.7. The predicted molar refractivity (Wildman–Crippen MR) is 202 cm³/mol. The number of aromatic nitrogens is 5. The van der Waals surface area contributed by atoms with Crippen LogP contribution in [0.2, 0.25) is 43.8 Å². The first kappa shape index (κ1) is 43.8. The van der Waals surface area contributed by atoms with Gasteiger partial charge in [-0.05, 0) is 61.1 Å². The minimum absolute atomic E-state index is 0.0289. The monoisotopic (exact) mass is 816 g/mol. The highest BCUT2D eigenvalue weighted by atomic mass is 28.4. The first-order chi connectivity index (χ1) is 25.2. The van der Waals surface area contributed by atoms with Crippen LogP contribution < -0.4 is 16.4 Å². The van der Waals surface area contributed by atoms with Crippen molar-refractivity contribution >= 4 is 32.9 Å². The van der Waals surface area contributed by atoms with E-state index in [1.165, 1.54) is 22.9 Å². The number of hydrogen-bond donors (Lipinski definition) is 1. The molecule has 10 nitrogen and oxygen atoms in total. The number of halogens is 7. The van der Waals surface area contributed by atoms with Gasteiger partial charge in [-0.15, -0.1) is 0 Å². The summed E-state index contributed by atoms with van der Waals surface area (Å²) >= 11 is 0. The Bertz CT molecular complexity index is 2090. The van der Waals surface area contributed by atoms with Crippen LogP contribution in [0.1, 0.15) is 45.2 Å². The molecule has 0 aliphatic carbocycles. The average Bonchev–Trinajstić information content (AvgIpc) is 3.03. The third kappa shape index (κ3) is 11.1. The summed E-state index contributed by atoms with van der Waals surface area (Å²) in [4.78, 5) is 34.1. The average molecular weight is 817 g/mol. The molecule has 0 spiro atoms. The van der Waals surface area contributed by atoms with Crippen LogP contribution in [-0.4, -0.2) is 59.5 Å². The van der Waals surface area contributed by atoms with Gasteiger partial charge in [-0.1, -0.05) is 40.4 Å². The van der Waals surface area contributed by atoms with Gasteiger partial charge in [0.1, 0.15) is 18.1 Å². The van der Waals surface area contributed by atoms with Crippen LogP contribution >= 0.6 is 0 Å². The molecule has 4 aromatic rings. The Labute approximate surface area is 316 Å². The van der Waals surface area contributed by atoms with Crippen LogP contribution in [0.4, 0.5) is 36.4 Å². The number of hydrogen-bond acceptors (Lipinski definition) is 8. The van der Waals surface area contributed by atoms with Gasteiger partial charge in [0.15, 0.2) is 14.1 Å². The SMILES string of the molecule is CC(CC(Cn1ccc2cc(-c3ncc(C(F)(F)F)cn3)c(F)cc2c1=O)O[Si](C)(C)C(C)(C)C)Nc1cnn(COCC[Si](C)(C)C)c(=O)c1C(F)(F)F. The maximum Gasteiger partial charge on any atom is 0.423 e. The van der Waals surface area contributed by atoms with Crippen LogP contribution in [-0.2, 0) is 34.8 Å². The zero-order valence-electron chi connectivity index (χ0n) is 32.2. The predicted octanol–water partition coefficient (Wildman–Crippen LogP) is 8.79. The number of rotatable bonds is 14. The molecule has 3 aromatic heterocycles. The highest BCUT2D eigenvalue weighted by Crippen LogP contribution is 2.38. The number of anilines is 1. The van der Waals surface area contributed by atoms with Gasteiger partial charge in [0.25, 0.3) is 11.1 Å². The zero-order valence-corrected chi connectivity index (χ0v) is 34.2. The smallest absolute Gasteiger partial charge is 0.412 e. The quantitative estimate of drug-likeness (QED) is 0.0764. The fraction of sp³-hybridized carbons (Fsp3) is 0.528. The fourth-order valence-corrected chi connectivity index (χ4v) is 7.53. The molecule has 2 atom stereocenters. The number of fused-ring (bicyclic) bond motifs is 1. The number of benzene rings is 1. The van der Waals surface area contributed by atoms with Gasteiger partial charge in [0.05, 0.1) is 41.0 Å². The molecule has 0 fully saturated rings. The summed E-state index contributed by atoms with van der Waals surface area (Å²) in [6.45, 7) is 17.8. The van der Waals surface area contributed by atoms with Crippen molar-refractivity contribution in [2.45, 2.75) is 116 Å². The third-order valence-electron chi connectivity index (χ3n) is 9.51. The van der Waals surface area contributed by atoms with Gasteiger partial charge in [0, 0.05) is 39.3 Å². The standard InChI is InChI=1S/C36H47F7N6O4Si2/c1-22(47-29-19-46-49(21-52-12-13-54(5,6)7)33(51)30(29)36(41,42)43)14-25(53-55(8,9)34(2,3)4)20-48-11-10-23-15-27(28(37)16-26(23)32(48)50)31-44-17-24(18-45-31)35(38,39)40/h10-11,15-19,22,25,47H,12-14,20-21H2,1-9H3. The molecule has 1 aromatic carbocycles. The second kappa shape index (κ2) is 16.3. The maximum absolute atomic E-state index is 15.3. The van der Waals surface area contributed by atoms with E-state index >= 15 is 4.39 Å². The minimum Gasteiger partial charge on any atom is -0.412 e. The molecule has 0 saturated heterocycles. The van der Waals surface area contributed by atoms with Crippen molar-refractivity contribution < 1.29 is 39.9 Å². The summed E-state index contributed by atoms with van der Waals surface area (Å²) in [7, 11) is -4.03. The number of ether oxygens (including phenoxy) is 1. The molecule has 19 heteroatoms. The Balaban J connectivity index is 1.63. The fourth-order valence-electron chi connectivity index (χ4n) is 5.42. The lowest BCUT2D eigenvalue weighted by Gasteiger charge is -2.40. The van der Waals surface area contributed by atoms with Gasteiger partial charge in [-0.3, -0.25) is 9.59 Å². The van der Waals surface area contributed by atoms with E-state index < -0.39 is 81.4 Å². The van der Waals surface area contributed by atoms with Gasteiger partial charge in [-0.25, -0.2) is 19.0 Å². The summed E-state index contributed by atoms with van der Waals surface area (Å²) in [6, 6.07) is 3.80. The third-order valence-corrected chi connectivity index (χ3v) is 15.7. The molecule has 302 valence electrons. The molecule has 0 radical (unpaired) electrons. The van der Waals surface area contributed by atoms with E-state index in [0.29, 0.717) is 17.1 Å². The zero-order chi connectivity index (χ0) is 41.3. The lowest BCUT2D eigenvalue weighted by atomic mass is 10.1. The molecule has 1 N–H and O–H groups in total. The highest BCUT2D eigenvalue weighted by molar-refractivity contribution is 6.76. The molecule has 0 saturated carbocycles. The first-order valence-electron chi connectivity index (χ1n) is 17.6. The minimum atomic E-state index is -5.01. The topological polar surface area (TPSA) is 113 Å². The normalized spacial score (nSPS) is 14.3.